The van der Waals surface area contributed by atoms with Gasteiger partial charge in [0.15, 0.2) is 5.75 Å². The van der Waals surface area contributed by atoms with Crippen molar-refractivity contribution < 1.29 is 44.2 Å². The van der Waals surface area contributed by atoms with Crippen LogP contribution in [0.1, 0.15) is 18.1 Å². The van der Waals surface area contributed by atoms with Gasteiger partial charge in [-0.05, 0) is 42.8 Å². The molecule has 0 saturated carbocycles. The topological polar surface area (TPSA) is 82.5 Å². The Balaban J connectivity index is 1.60. The minimum absolute atomic E-state index is 0.154. The predicted octanol–water partition coefficient (Wildman–Crippen LogP) is 5.09. The van der Waals surface area contributed by atoms with E-state index < -0.39 is 39.2 Å². The van der Waals surface area contributed by atoms with Gasteiger partial charge in [-0.2, -0.15) is 36.2 Å². The van der Waals surface area contributed by atoms with Gasteiger partial charge < -0.3 is 9.47 Å². The number of rotatable bonds is 8. The Bertz CT molecular complexity index is 1360. The lowest BCUT2D eigenvalue weighted by molar-refractivity contribution is -0.137. The van der Waals surface area contributed by atoms with Gasteiger partial charge in [-0.1, -0.05) is 18.2 Å². The largest absolute Gasteiger partial charge is 0.439 e. The van der Waals surface area contributed by atoms with Gasteiger partial charge in [-0.15, -0.1) is 0 Å². The van der Waals surface area contributed by atoms with Crippen molar-refractivity contribution in [3.8, 4) is 22.9 Å². The second-order valence-electron chi connectivity index (χ2n) is 8.44. The maximum absolute atomic E-state index is 12.8. The van der Waals surface area contributed by atoms with Gasteiger partial charge in [0.1, 0.15) is 11.3 Å². The molecule has 37 heavy (non-hydrogen) atoms. The van der Waals surface area contributed by atoms with Gasteiger partial charge in [0.05, 0.1) is 24.5 Å². The lowest BCUT2D eigenvalue weighted by atomic mass is 9.88. The predicted molar refractivity (Wildman–Crippen MR) is 120 cm³/mol. The number of hydrogen-bond acceptors (Lipinski definition) is 5. The van der Waals surface area contributed by atoms with E-state index in [0.29, 0.717) is 23.4 Å². The summed E-state index contributed by atoms with van der Waals surface area (Å²) < 4.78 is 115. The summed E-state index contributed by atoms with van der Waals surface area (Å²) in [6.45, 7) is 1.84. The minimum Gasteiger partial charge on any atom is -0.439 e. The fourth-order valence-corrected chi connectivity index (χ4v) is 5.13. The molecule has 3 aromatic rings. The van der Waals surface area contributed by atoms with Crippen molar-refractivity contribution in [3.05, 3.63) is 65.7 Å². The molecule has 1 aliphatic rings. The number of hydrogen-bond donors (Lipinski definition) is 1. The third-order valence-electron chi connectivity index (χ3n) is 5.56. The van der Waals surface area contributed by atoms with E-state index in [4.69, 9.17) is 9.47 Å². The standard InChI is InChI=1S/C23H21F6N3O4S/c1-2-32-20(36-18-8-6-16(7-9-18)23(27,28)29)11-19(30-32)15-4-3-5-17(10-15)21(12-35-13-21)31-37(33,34)14-22(24,25)26/h3-11,31H,2,12-14H2,1H3. The molecule has 1 aliphatic heterocycles. The second kappa shape index (κ2) is 9.65. The van der Waals surface area contributed by atoms with E-state index in [1.54, 1.807) is 37.3 Å². The normalized spacial score (nSPS) is 15.9. The molecule has 0 bridgehead atoms. The maximum atomic E-state index is 12.8. The third-order valence-corrected chi connectivity index (χ3v) is 6.97. The molecule has 0 spiro atoms. The van der Waals surface area contributed by atoms with Crippen LogP contribution in [-0.4, -0.2) is 43.3 Å². The van der Waals surface area contributed by atoms with Crippen LogP contribution in [0.5, 0.6) is 11.6 Å². The summed E-state index contributed by atoms with van der Waals surface area (Å²) in [5.74, 6) is -1.62. The van der Waals surface area contributed by atoms with E-state index in [9.17, 15) is 34.8 Å². The van der Waals surface area contributed by atoms with E-state index in [1.807, 2.05) is 0 Å². The molecule has 200 valence electrons. The van der Waals surface area contributed by atoms with Gasteiger partial charge in [0.2, 0.25) is 15.9 Å². The van der Waals surface area contributed by atoms with E-state index in [2.05, 4.69) is 9.82 Å². The van der Waals surface area contributed by atoms with Crippen molar-refractivity contribution in [1.29, 1.82) is 0 Å². The second-order valence-corrected chi connectivity index (χ2v) is 10.2. The molecular formula is C23H21F6N3O4S. The first-order valence-electron chi connectivity index (χ1n) is 10.9. The van der Waals surface area contributed by atoms with Crippen molar-refractivity contribution in [1.82, 2.24) is 14.5 Å². The molecule has 1 aromatic heterocycles. The zero-order valence-electron chi connectivity index (χ0n) is 19.2. The molecule has 0 amide bonds. The number of sulfonamides is 1. The first kappa shape index (κ1) is 26.9. The molecule has 2 aromatic carbocycles. The highest BCUT2D eigenvalue weighted by Gasteiger charge is 2.46. The molecule has 0 aliphatic carbocycles. The quantitative estimate of drug-likeness (QED) is 0.396. The summed E-state index contributed by atoms with van der Waals surface area (Å²) in [6.07, 6.45) is -9.39. The first-order valence-corrected chi connectivity index (χ1v) is 12.5. The van der Waals surface area contributed by atoms with Crippen LogP contribution in [0.3, 0.4) is 0 Å². The smallest absolute Gasteiger partial charge is 0.416 e. The first-order chi connectivity index (χ1) is 17.2. The number of nitrogens with one attached hydrogen (secondary N) is 1. The van der Waals surface area contributed by atoms with Crippen LogP contribution < -0.4 is 9.46 Å². The van der Waals surface area contributed by atoms with Crippen molar-refractivity contribution in [2.75, 3.05) is 19.0 Å². The number of ether oxygens (including phenoxy) is 2. The Morgan fingerprint density at radius 1 is 1.05 bits per heavy atom. The van der Waals surface area contributed by atoms with Crippen LogP contribution >= 0.6 is 0 Å². The number of nitrogens with zero attached hydrogens (tertiary/aromatic N) is 2. The Labute approximate surface area is 208 Å². The summed E-state index contributed by atoms with van der Waals surface area (Å²) in [5, 5.41) is 4.43. The minimum atomic E-state index is -4.91. The summed E-state index contributed by atoms with van der Waals surface area (Å²) in [7, 11) is -4.70. The van der Waals surface area contributed by atoms with Crippen LogP contribution in [0.2, 0.25) is 0 Å². The van der Waals surface area contributed by atoms with Gasteiger partial charge >= 0.3 is 12.4 Å². The molecule has 7 nitrogen and oxygen atoms in total. The highest BCUT2D eigenvalue weighted by Crippen LogP contribution is 2.35. The molecule has 0 atom stereocenters. The third kappa shape index (κ3) is 6.25. The number of benzene rings is 2. The Morgan fingerprint density at radius 2 is 1.73 bits per heavy atom. The highest BCUT2D eigenvalue weighted by molar-refractivity contribution is 7.89. The Kier molecular flexibility index (Phi) is 7.03. The van der Waals surface area contributed by atoms with Gasteiger partial charge in [-0.3, -0.25) is 0 Å². The van der Waals surface area contributed by atoms with Crippen molar-refractivity contribution in [3.63, 3.8) is 0 Å². The molecule has 2 heterocycles. The van der Waals surface area contributed by atoms with E-state index >= 15 is 0 Å². The maximum Gasteiger partial charge on any atom is 0.416 e. The fraction of sp³-hybridized carbons (Fsp3) is 0.348. The van der Waals surface area contributed by atoms with E-state index in [1.165, 1.54) is 16.8 Å². The van der Waals surface area contributed by atoms with Crippen LogP contribution in [0.15, 0.2) is 54.6 Å². The Hall–Kier alpha value is -3.10. The monoisotopic (exact) mass is 549 g/mol. The van der Waals surface area contributed by atoms with E-state index in [-0.39, 0.29) is 24.8 Å². The lowest BCUT2D eigenvalue weighted by Gasteiger charge is -2.42. The number of aromatic nitrogens is 2. The summed E-state index contributed by atoms with van der Waals surface area (Å²) in [4.78, 5) is 0. The van der Waals surface area contributed by atoms with Gasteiger partial charge in [0.25, 0.3) is 0 Å². The zero-order valence-corrected chi connectivity index (χ0v) is 20.0. The Morgan fingerprint density at radius 3 is 2.27 bits per heavy atom. The average Bonchev–Trinajstić information content (AvgIpc) is 3.17. The SMILES string of the molecule is CCn1nc(-c2cccc(C3(NS(=O)(=O)CC(F)(F)F)COC3)c2)cc1Oc1ccc(C(F)(F)F)cc1. The molecule has 4 rings (SSSR count). The van der Waals surface area contributed by atoms with Gasteiger partial charge in [0, 0.05) is 18.2 Å². The number of halogens is 6. The molecule has 14 heteroatoms. The lowest BCUT2D eigenvalue weighted by Crippen LogP contribution is -2.60. The van der Waals surface area contributed by atoms with Gasteiger partial charge in [-0.25, -0.2) is 13.1 Å². The van der Waals surface area contributed by atoms with Crippen LogP contribution in [0.4, 0.5) is 26.3 Å². The zero-order chi connectivity index (χ0) is 27.1. The number of aryl methyl sites for hydroxylation is 1. The molecule has 1 saturated heterocycles. The van der Waals surface area contributed by atoms with E-state index in [0.717, 1.165) is 12.1 Å². The van der Waals surface area contributed by atoms with Crippen molar-refractivity contribution >= 4 is 10.0 Å². The van der Waals surface area contributed by atoms with Crippen molar-refractivity contribution in [2.24, 2.45) is 0 Å². The molecule has 0 unspecified atom stereocenters. The molecule has 1 fully saturated rings. The fourth-order valence-electron chi connectivity index (χ4n) is 3.80. The van der Waals surface area contributed by atoms with Crippen LogP contribution in [0.25, 0.3) is 11.3 Å². The van der Waals surface area contributed by atoms with Crippen LogP contribution in [0, 0.1) is 0 Å². The average molecular weight is 549 g/mol. The summed E-state index contributed by atoms with van der Waals surface area (Å²) >= 11 is 0. The van der Waals surface area contributed by atoms with Crippen LogP contribution in [-0.2, 0) is 33.0 Å². The highest BCUT2D eigenvalue weighted by atomic mass is 32.2. The van der Waals surface area contributed by atoms with Crippen molar-refractivity contribution in [2.45, 2.75) is 31.4 Å². The summed E-state index contributed by atoms with van der Waals surface area (Å²) in [6, 6.07) is 12.1. The number of alkyl halides is 6. The summed E-state index contributed by atoms with van der Waals surface area (Å²) in [5.41, 5.74) is -0.880. The molecule has 1 N–H and O–H groups in total. The molecule has 0 radical (unpaired) electrons. The molecular weight excluding hydrogens is 528 g/mol.